The van der Waals surface area contributed by atoms with Gasteiger partial charge in [-0.05, 0) is 30.7 Å². The number of esters is 1. The summed E-state index contributed by atoms with van der Waals surface area (Å²) < 4.78 is 15.7. The van der Waals surface area contributed by atoms with Gasteiger partial charge in [0.25, 0.3) is 0 Å². The number of ether oxygens (including phenoxy) is 3. The first-order valence-corrected chi connectivity index (χ1v) is 11.0. The molecule has 2 heterocycles. The second-order valence-corrected chi connectivity index (χ2v) is 7.51. The van der Waals surface area contributed by atoms with Crippen molar-refractivity contribution in [3.8, 4) is 11.5 Å². The van der Waals surface area contributed by atoms with E-state index in [1.807, 2.05) is 30.3 Å². The third-order valence-corrected chi connectivity index (χ3v) is 5.28. The summed E-state index contributed by atoms with van der Waals surface area (Å²) in [4.78, 5) is 26.0. The van der Waals surface area contributed by atoms with Crippen molar-refractivity contribution in [3.05, 3.63) is 42.1 Å². The Bertz CT molecular complexity index is 1080. The monoisotopic (exact) mass is 453 g/mol. The molecule has 33 heavy (non-hydrogen) atoms. The highest BCUT2D eigenvalue weighted by atomic mass is 16.5. The van der Waals surface area contributed by atoms with E-state index in [-0.39, 0.29) is 5.97 Å². The van der Waals surface area contributed by atoms with Gasteiger partial charge in [0.05, 0.1) is 26.8 Å². The zero-order chi connectivity index (χ0) is 23.6. The third-order valence-electron chi connectivity index (χ3n) is 5.28. The van der Waals surface area contributed by atoms with Gasteiger partial charge in [0.1, 0.15) is 23.1 Å². The molecular weight excluding hydrogens is 422 g/mol. The van der Waals surface area contributed by atoms with Gasteiger partial charge in [-0.3, -0.25) is 4.98 Å². The zero-order valence-electron chi connectivity index (χ0n) is 19.6. The average Bonchev–Trinajstić information content (AvgIpc) is 2.86. The van der Waals surface area contributed by atoms with Gasteiger partial charge < -0.3 is 24.8 Å². The van der Waals surface area contributed by atoms with Gasteiger partial charge in [0.2, 0.25) is 5.95 Å². The van der Waals surface area contributed by atoms with Crippen LogP contribution in [0.4, 0.5) is 11.8 Å². The summed E-state index contributed by atoms with van der Waals surface area (Å²) in [5, 5.41) is 6.49. The molecule has 0 radical (unpaired) electrons. The zero-order valence-corrected chi connectivity index (χ0v) is 19.6. The fourth-order valence-corrected chi connectivity index (χ4v) is 3.47. The van der Waals surface area contributed by atoms with Crippen molar-refractivity contribution >= 4 is 28.8 Å². The van der Waals surface area contributed by atoms with Crippen LogP contribution in [-0.4, -0.2) is 48.3 Å². The molecule has 0 amide bonds. The lowest BCUT2D eigenvalue weighted by atomic mass is 10.1. The van der Waals surface area contributed by atoms with E-state index >= 15 is 0 Å². The second-order valence-electron chi connectivity index (χ2n) is 7.51. The Hall–Kier alpha value is -3.62. The SMILES string of the molecule is CCCCC[C@@H](Nc1nc(NCc2ccc(OC)cc2OC)nc2cccnc12)C(=O)OC. The Balaban J connectivity index is 1.86. The molecule has 9 nitrogen and oxygen atoms in total. The molecule has 176 valence electrons. The van der Waals surface area contributed by atoms with E-state index in [0.29, 0.717) is 47.3 Å². The fourth-order valence-electron chi connectivity index (χ4n) is 3.47. The molecule has 1 aromatic carbocycles. The maximum atomic E-state index is 12.4. The lowest BCUT2D eigenvalue weighted by molar-refractivity contribution is -0.141. The molecule has 0 aliphatic carbocycles. The van der Waals surface area contributed by atoms with Crippen molar-refractivity contribution in [1.29, 1.82) is 0 Å². The summed E-state index contributed by atoms with van der Waals surface area (Å²) in [6.45, 7) is 2.56. The average molecular weight is 454 g/mol. The molecule has 0 unspecified atom stereocenters. The first-order chi connectivity index (χ1) is 16.1. The van der Waals surface area contributed by atoms with E-state index < -0.39 is 6.04 Å². The van der Waals surface area contributed by atoms with E-state index in [0.717, 1.165) is 24.8 Å². The molecule has 9 heteroatoms. The highest BCUT2D eigenvalue weighted by molar-refractivity contribution is 5.88. The van der Waals surface area contributed by atoms with E-state index in [1.54, 1.807) is 20.4 Å². The molecule has 0 fully saturated rings. The Morgan fingerprint density at radius 1 is 1.09 bits per heavy atom. The van der Waals surface area contributed by atoms with Crippen LogP contribution in [0.5, 0.6) is 11.5 Å². The van der Waals surface area contributed by atoms with Crippen LogP contribution in [0.2, 0.25) is 0 Å². The molecule has 3 aromatic rings. The number of carbonyl (C=O) groups is 1. The minimum absolute atomic E-state index is 0.328. The van der Waals surface area contributed by atoms with Gasteiger partial charge in [-0.2, -0.15) is 4.98 Å². The fraction of sp³-hybridized carbons (Fsp3) is 0.417. The van der Waals surface area contributed by atoms with Crippen LogP contribution < -0.4 is 20.1 Å². The first kappa shape index (κ1) is 24.0. The molecular formula is C24H31N5O4. The van der Waals surface area contributed by atoms with Gasteiger partial charge in [-0.25, -0.2) is 9.78 Å². The number of nitrogens with zero attached hydrogens (tertiary/aromatic N) is 3. The summed E-state index contributed by atoms with van der Waals surface area (Å²) in [6.07, 6.45) is 5.33. The molecule has 0 aliphatic rings. The Labute approximate surface area is 193 Å². The number of hydrogen-bond acceptors (Lipinski definition) is 9. The summed E-state index contributed by atoms with van der Waals surface area (Å²) in [6, 6.07) is 8.78. The van der Waals surface area contributed by atoms with Gasteiger partial charge in [-0.1, -0.05) is 26.2 Å². The number of hydrogen-bond donors (Lipinski definition) is 2. The molecule has 0 spiro atoms. The summed E-state index contributed by atoms with van der Waals surface area (Å²) in [7, 11) is 4.62. The number of pyridine rings is 1. The molecule has 0 aliphatic heterocycles. The van der Waals surface area contributed by atoms with E-state index in [9.17, 15) is 4.79 Å². The molecule has 2 N–H and O–H groups in total. The van der Waals surface area contributed by atoms with Gasteiger partial charge >= 0.3 is 5.97 Å². The van der Waals surface area contributed by atoms with Gasteiger partial charge in [0.15, 0.2) is 5.82 Å². The number of benzene rings is 1. The maximum absolute atomic E-state index is 12.4. The highest BCUT2D eigenvalue weighted by Gasteiger charge is 2.21. The smallest absolute Gasteiger partial charge is 0.328 e. The maximum Gasteiger partial charge on any atom is 0.328 e. The molecule has 0 saturated heterocycles. The van der Waals surface area contributed by atoms with Crippen molar-refractivity contribution in [2.24, 2.45) is 0 Å². The van der Waals surface area contributed by atoms with E-state index in [2.05, 4.69) is 32.5 Å². The highest BCUT2D eigenvalue weighted by Crippen LogP contribution is 2.26. The molecule has 3 rings (SSSR count). The lowest BCUT2D eigenvalue weighted by Crippen LogP contribution is -2.31. The number of aromatic nitrogens is 3. The minimum Gasteiger partial charge on any atom is -0.497 e. The standard InChI is InChI=1S/C24H31N5O4/c1-5-6-7-9-19(23(30)33-4)27-22-21-18(10-8-13-25-21)28-24(29-22)26-15-16-11-12-17(31-2)14-20(16)32-3/h8,10-14,19H,5-7,9,15H2,1-4H3,(H2,26,27,28,29)/t19-/m1/s1. The Morgan fingerprint density at radius 3 is 2.67 bits per heavy atom. The largest absolute Gasteiger partial charge is 0.497 e. The van der Waals surface area contributed by atoms with Crippen molar-refractivity contribution < 1.29 is 19.0 Å². The predicted octanol–water partition coefficient (Wildman–Crippen LogP) is 4.19. The molecule has 0 bridgehead atoms. The second kappa shape index (κ2) is 11.8. The van der Waals surface area contributed by atoms with E-state index in [4.69, 9.17) is 14.2 Å². The van der Waals surface area contributed by atoms with Gasteiger partial charge in [-0.15, -0.1) is 0 Å². The predicted molar refractivity (Wildman–Crippen MR) is 128 cm³/mol. The number of carbonyl (C=O) groups excluding carboxylic acids is 1. The quantitative estimate of drug-likeness (QED) is 0.308. The van der Waals surface area contributed by atoms with Crippen LogP contribution in [0.15, 0.2) is 36.5 Å². The Kier molecular flexibility index (Phi) is 8.63. The van der Waals surface area contributed by atoms with Crippen LogP contribution in [0.3, 0.4) is 0 Å². The summed E-state index contributed by atoms with van der Waals surface area (Å²) in [5.41, 5.74) is 2.18. The lowest BCUT2D eigenvalue weighted by Gasteiger charge is -2.18. The molecule has 1 atom stereocenters. The number of unbranched alkanes of at least 4 members (excludes halogenated alkanes) is 2. The van der Waals surface area contributed by atoms with Crippen molar-refractivity contribution in [1.82, 2.24) is 15.0 Å². The van der Waals surface area contributed by atoms with Crippen molar-refractivity contribution in [2.75, 3.05) is 32.0 Å². The van der Waals surface area contributed by atoms with Crippen LogP contribution in [0, 0.1) is 0 Å². The summed E-state index contributed by atoms with van der Waals surface area (Å²) >= 11 is 0. The van der Waals surface area contributed by atoms with Crippen LogP contribution in [0.25, 0.3) is 11.0 Å². The summed E-state index contributed by atoms with van der Waals surface area (Å²) in [5.74, 6) is 1.98. The number of rotatable bonds is 12. The Morgan fingerprint density at radius 2 is 1.94 bits per heavy atom. The number of nitrogens with one attached hydrogen (secondary N) is 2. The van der Waals surface area contributed by atoms with Gasteiger partial charge in [0, 0.05) is 24.4 Å². The first-order valence-electron chi connectivity index (χ1n) is 11.0. The third kappa shape index (κ3) is 6.21. The molecule has 2 aromatic heterocycles. The van der Waals surface area contributed by atoms with Crippen LogP contribution >= 0.6 is 0 Å². The number of methoxy groups -OCH3 is 3. The van der Waals surface area contributed by atoms with Crippen molar-refractivity contribution in [2.45, 2.75) is 45.2 Å². The topological polar surface area (TPSA) is 107 Å². The normalized spacial score (nSPS) is 11.6. The van der Waals surface area contributed by atoms with Crippen LogP contribution in [-0.2, 0) is 16.1 Å². The van der Waals surface area contributed by atoms with Crippen molar-refractivity contribution in [3.63, 3.8) is 0 Å². The molecule has 0 saturated carbocycles. The van der Waals surface area contributed by atoms with E-state index in [1.165, 1.54) is 7.11 Å². The minimum atomic E-state index is -0.517. The number of anilines is 2. The number of fused-ring (bicyclic) bond motifs is 1. The van der Waals surface area contributed by atoms with Crippen LogP contribution in [0.1, 0.15) is 38.2 Å².